The molecule has 7 heteroatoms. The fraction of sp³-hybridized carbons (Fsp3) is 0.714. The summed E-state index contributed by atoms with van der Waals surface area (Å²) in [5.74, 6) is 0.969. The third-order valence-corrected chi connectivity index (χ3v) is 14.3. The minimum absolute atomic E-state index is 0.0179. The lowest BCUT2D eigenvalue weighted by atomic mass is 9.33. The van der Waals surface area contributed by atoms with Gasteiger partial charge >= 0.3 is 5.97 Å². The summed E-state index contributed by atoms with van der Waals surface area (Å²) in [7, 11) is 0. The van der Waals surface area contributed by atoms with Crippen LogP contribution in [0.3, 0.4) is 0 Å². The lowest BCUT2D eigenvalue weighted by Crippen LogP contribution is -2.65. The Kier molecular flexibility index (Phi) is 5.67. The molecule has 0 saturated heterocycles. The number of carboxylic acids is 1. The Balaban J connectivity index is 1.48. The van der Waals surface area contributed by atoms with E-state index in [9.17, 15) is 9.90 Å². The van der Waals surface area contributed by atoms with Crippen molar-refractivity contribution < 1.29 is 9.90 Å². The van der Waals surface area contributed by atoms with Crippen molar-refractivity contribution >= 4 is 17.4 Å². The molecule has 0 aliphatic heterocycles. The zero-order valence-electron chi connectivity index (χ0n) is 26.6. The third kappa shape index (κ3) is 3.34. The highest BCUT2D eigenvalue weighted by molar-refractivity contribution is 5.80. The van der Waals surface area contributed by atoms with Crippen LogP contribution in [0.5, 0.6) is 0 Å². The van der Waals surface area contributed by atoms with E-state index in [2.05, 4.69) is 68.6 Å². The van der Waals surface area contributed by atoms with Crippen molar-refractivity contribution in [1.29, 1.82) is 0 Å². The fourth-order valence-electron chi connectivity index (χ4n) is 11.9. The number of anilines is 1. The maximum atomic E-state index is 13.3. The van der Waals surface area contributed by atoms with Crippen LogP contribution in [-0.4, -0.2) is 31.2 Å². The topological polar surface area (TPSA) is 118 Å². The van der Waals surface area contributed by atoms with E-state index in [-0.39, 0.29) is 33.0 Å². The van der Waals surface area contributed by atoms with Gasteiger partial charge < -0.3 is 10.8 Å². The summed E-state index contributed by atoms with van der Waals surface area (Å²) < 4.78 is 0. The molecular weight excluding hydrogens is 522 g/mol. The van der Waals surface area contributed by atoms with Crippen LogP contribution >= 0.6 is 0 Å². The van der Waals surface area contributed by atoms with Gasteiger partial charge in [-0.3, -0.25) is 9.89 Å². The van der Waals surface area contributed by atoms with Crippen molar-refractivity contribution in [2.24, 2.45) is 44.8 Å². The average Bonchev–Trinajstić information content (AvgIpc) is 3.29. The number of aromatic nitrogens is 4. The van der Waals surface area contributed by atoms with Crippen molar-refractivity contribution in [3.63, 3.8) is 0 Å². The van der Waals surface area contributed by atoms with Crippen LogP contribution in [0.1, 0.15) is 117 Å². The number of carbonyl (C=O) groups is 1. The number of H-pyrrole nitrogens is 1. The highest BCUT2D eigenvalue weighted by Gasteiger charge is 2.70. The summed E-state index contributed by atoms with van der Waals surface area (Å²) in [6.45, 7) is 17.1. The zero-order valence-corrected chi connectivity index (χ0v) is 26.6. The van der Waals surface area contributed by atoms with Gasteiger partial charge in [-0.25, -0.2) is 9.97 Å². The van der Waals surface area contributed by atoms with Crippen LogP contribution in [-0.2, 0) is 16.6 Å². The van der Waals surface area contributed by atoms with Crippen molar-refractivity contribution in [1.82, 2.24) is 20.2 Å². The summed E-state index contributed by atoms with van der Waals surface area (Å²) in [5.41, 5.74) is 12.1. The molecule has 7 rings (SSSR count). The first-order chi connectivity index (χ1) is 19.6. The van der Waals surface area contributed by atoms with E-state index in [1.165, 1.54) is 22.4 Å². The molecule has 42 heavy (non-hydrogen) atoms. The second-order valence-corrected chi connectivity index (χ2v) is 16.9. The Morgan fingerprint density at radius 2 is 1.67 bits per heavy atom. The lowest BCUT2D eigenvalue weighted by molar-refractivity contribution is -0.175. The van der Waals surface area contributed by atoms with Gasteiger partial charge in [-0.05, 0) is 103 Å². The number of fused-ring (bicyclic) bond motifs is 8. The molecule has 2 heterocycles. The van der Waals surface area contributed by atoms with E-state index in [0.29, 0.717) is 17.7 Å². The number of carboxylic acid groups (broad SMARTS) is 1. The van der Waals surface area contributed by atoms with E-state index in [0.717, 1.165) is 63.4 Å². The first kappa shape index (κ1) is 28.1. The SMILES string of the molecule is CC1(C)CC[C@]2(C(=O)O)CC[C@]3(C)C(=C(c4cncnc4)CC4[C@@]5(C)Cc6c(N)n[nH]c6C(C)(C)[C@@H]5CC[C@]43C)[C@@H]2C1. The van der Waals surface area contributed by atoms with Gasteiger partial charge in [0.2, 0.25) is 0 Å². The smallest absolute Gasteiger partial charge is 0.310 e. The molecule has 0 spiro atoms. The summed E-state index contributed by atoms with van der Waals surface area (Å²) >= 11 is 0. The molecule has 5 aliphatic carbocycles. The Hall–Kier alpha value is -2.70. The zero-order chi connectivity index (χ0) is 30.1. The first-order valence-corrected chi connectivity index (χ1v) is 16.2. The van der Waals surface area contributed by atoms with Crippen molar-refractivity contribution in [3.8, 4) is 0 Å². The Labute approximate surface area is 250 Å². The highest BCUT2D eigenvalue weighted by atomic mass is 16.4. The maximum Gasteiger partial charge on any atom is 0.310 e. The molecule has 0 aromatic carbocycles. The third-order valence-electron chi connectivity index (χ3n) is 14.3. The van der Waals surface area contributed by atoms with Crippen LogP contribution in [0.4, 0.5) is 5.82 Å². The monoisotopic (exact) mass is 571 g/mol. The number of hydrogen-bond acceptors (Lipinski definition) is 5. The first-order valence-electron chi connectivity index (χ1n) is 16.2. The number of nitrogen functional groups attached to an aromatic ring is 1. The second-order valence-electron chi connectivity index (χ2n) is 16.9. The van der Waals surface area contributed by atoms with Crippen molar-refractivity contribution in [3.05, 3.63) is 41.1 Å². The van der Waals surface area contributed by atoms with Gasteiger partial charge in [0.15, 0.2) is 0 Å². The molecule has 0 bridgehead atoms. The van der Waals surface area contributed by atoms with E-state index in [4.69, 9.17) is 5.73 Å². The standard InChI is InChI=1S/C35H49N5O2/c1-30(2)10-12-35(29(41)42)13-11-34(7)26(23(35)16-30)21(20-17-37-19-38-18-20)14-25-32(5)15-22-27(39-40-28(22)36)31(3,4)24(32)8-9-33(25,34)6/h17-19,23-25H,8-16H2,1-7H3,(H,41,42)(H3,36,39,40)/t23-,24-,25?,32-,33+,34+,35-/m0/s1. The van der Waals surface area contributed by atoms with Gasteiger partial charge in [0, 0.05) is 34.6 Å². The molecule has 0 amide bonds. The number of aromatic amines is 1. The van der Waals surface area contributed by atoms with Crippen molar-refractivity contribution in [2.75, 3.05) is 5.73 Å². The molecule has 3 saturated carbocycles. The molecule has 2 aromatic rings. The van der Waals surface area contributed by atoms with Crippen molar-refractivity contribution in [2.45, 2.75) is 112 Å². The quantitative estimate of drug-likeness (QED) is 0.351. The van der Waals surface area contributed by atoms with Crippen LogP contribution in [0, 0.1) is 44.8 Å². The normalized spacial score (nSPS) is 41.5. The number of allylic oxidation sites excluding steroid dienone is 2. The molecule has 3 fully saturated rings. The van der Waals surface area contributed by atoms with E-state index in [1.807, 2.05) is 12.4 Å². The molecular formula is C35H49N5O2. The lowest BCUT2D eigenvalue weighted by Gasteiger charge is -2.71. The van der Waals surface area contributed by atoms with Crippen LogP contribution in [0.15, 0.2) is 24.3 Å². The molecule has 2 aromatic heterocycles. The Morgan fingerprint density at radius 3 is 2.36 bits per heavy atom. The van der Waals surface area contributed by atoms with Gasteiger partial charge in [-0.2, -0.15) is 5.10 Å². The molecule has 1 unspecified atom stereocenters. The second kappa shape index (κ2) is 8.47. The van der Waals surface area contributed by atoms with Gasteiger partial charge in [0.25, 0.3) is 0 Å². The van der Waals surface area contributed by atoms with E-state index >= 15 is 0 Å². The summed E-state index contributed by atoms with van der Waals surface area (Å²) in [4.78, 5) is 22.3. The molecule has 226 valence electrons. The molecule has 7 nitrogen and oxygen atoms in total. The molecule has 0 radical (unpaired) electrons. The highest BCUT2D eigenvalue weighted by Crippen LogP contribution is 2.77. The minimum Gasteiger partial charge on any atom is -0.481 e. The van der Waals surface area contributed by atoms with Gasteiger partial charge in [-0.1, -0.05) is 54.0 Å². The van der Waals surface area contributed by atoms with Crippen LogP contribution in [0.2, 0.25) is 0 Å². The number of nitrogens with two attached hydrogens (primary N) is 1. The fourth-order valence-corrected chi connectivity index (χ4v) is 11.9. The predicted octanol–water partition coefficient (Wildman–Crippen LogP) is 7.21. The van der Waals surface area contributed by atoms with Gasteiger partial charge in [-0.15, -0.1) is 0 Å². The van der Waals surface area contributed by atoms with Crippen LogP contribution < -0.4 is 5.73 Å². The van der Waals surface area contributed by atoms with Gasteiger partial charge in [0.1, 0.15) is 12.1 Å². The maximum absolute atomic E-state index is 13.3. The average molecular weight is 572 g/mol. The summed E-state index contributed by atoms with van der Waals surface area (Å²) in [6, 6.07) is 0. The molecule has 5 aliphatic rings. The van der Waals surface area contributed by atoms with Gasteiger partial charge in [0.05, 0.1) is 5.41 Å². The number of hydrogen-bond donors (Lipinski definition) is 3. The van der Waals surface area contributed by atoms with E-state index < -0.39 is 11.4 Å². The number of nitrogens with one attached hydrogen (secondary N) is 1. The number of rotatable bonds is 2. The predicted molar refractivity (Wildman–Crippen MR) is 164 cm³/mol. The molecule has 4 N–H and O–H groups in total. The molecule has 7 atom stereocenters. The van der Waals surface area contributed by atoms with Crippen LogP contribution in [0.25, 0.3) is 5.57 Å². The largest absolute Gasteiger partial charge is 0.481 e. The summed E-state index contributed by atoms with van der Waals surface area (Å²) in [6.07, 6.45) is 14.0. The Bertz CT molecular complexity index is 1490. The number of aliphatic carboxylic acids is 1. The Morgan fingerprint density at radius 1 is 0.976 bits per heavy atom. The minimum atomic E-state index is -0.692. The number of nitrogens with zero attached hydrogens (tertiary/aromatic N) is 3. The summed E-state index contributed by atoms with van der Waals surface area (Å²) in [5, 5.41) is 18.7. The van der Waals surface area contributed by atoms with E-state index in [1.54, 1.807) is 6.33 Å².